The molecular formula is C11H13NO2. The highest BCUT2D eigenvalue weighted by Crippen LogP contribution is 2.11. The minimum Gasteiger partial charge on any atom is -0.466 e. The second kappa shape index (κ2) is 5.07. The van der Waals surface area contributed by atoms with E-state index in [1.165, 1.54) is 13.2 Å². The number of carbonyl (C=O) groups excluding carboxylic acids is 1. The van der Waals surface area contributed by atoms with Crippen LogP contribution < -0.4 is 10.1 Å². The van der Waals surface area contributed by atoms with Crippen molar-refractivity contribution in [3.8, 4) is 5.75 Å². The zero-order chi connectivity index (χ0) is 10.4. The summed E-state index contributed by atoms with van der Waals surface area (Å²) in [6.45, 7) is 5.50. The average Bonchev–Trinajstić information content (AvgIpc) is 2.17. The van der Waals surface area contributed by atoms with Crippen LogP contribution >= 0.6 is 0 Å². The van der Waals surface area contributed by atoms with Crippen molar-refractivity contribution >= 4 is 5.91 Å². The van der Waals surface area contributed by atoms with Gasteiger partial charge in [-0.1, -0.05) is 18.7 Å². The predicted octanol–water partition coefficient (Wildman–Crippen LogP) is 1.84. The van der Waals surface area contributed by atoms with Crippen molar-refractivity contribution < 1.29 is 9.53 Å². The molecule has 0 heterocycles. The van der Waals surface area contributed by atoms with Crippen LogP contribution in [0.25, 0.3) is 0 Å². The number of benzene rings is 1. The van der Waals surface area contributed by atoms with Crippen molar-refractivity contribution in [1.29, 1.82) is 0 Å². The van der Waals surface area contributed by atoms with Crippen LogP contribution in [-0.4, -0.2) is 5.91 Å². The number of hydrogen-bond acceptors (Lipinski definition) is 2. The first-order valence-corrected chi connectivity index (χ1v) is 4.33. The van der Waals surface area contributed by atoms with E-state index in [1.807, 2.05) is 24.3 Å². The summed E-state index contributed by atoms with van der Waals surface area (Å²) in [4.78, 5) is 10.6. The molecule has 0 spiro atoms. The fourth-order valence-corrected chi connectivity index (χ4v) is 1.01. The van der Waals surface area contributed by atoms with Gasteiger partial charge in [-0.3, -0.25) is 4.79 Å². The monoisotopic (exact) mass is 191 g/mol. The number of nitrogens with one attached hydrogen (secondary N) is 1. The third-order valence-electron chi connectivity index (χ3n) is 1.68. The maximum atomic E-state index is 10.6. The maximum Gasteiger partial charge on any atom is 0.217 e. The zero-order valence-electron chi connectivity index (χ0n) is 8.12. The molecule has 1 N–H and O–H groups in total. The van der Waals surface area contributed by atoms with Crippen LogP contribution in [0.2, 0.25) is 0 Å². The van der Waals surface area contributed by atoms with Gasteiger partial charge in [-0.15, -0.1) is 0 Å². The van der Waals surface area contributed by atoms with Crippen molar-refractivity contribution in [3.63, 3.8) is 0 Å². The average molecular weight is 191 g/mol. The highest BCUT2D eigenvalue weighted by Gasteiger charge is 1.95. The van der Waals surface area contributed by atoms with Crippen molar-refractivity contribution in [1.82, 2.24) is 5.32 Å². The molecule has 74 valence electrons. The molecule has 0 aliphatic heterocycles. The highest BCUT2D eigenvalue weighted by molar-refractivity contribution is 5.72. The molecule has 0 atom stereocenters. The number of amides is 1. The molecule has 0 fully saturated rings. The standard InChI is InChI=1S/C11H13NO2/c1-3-14-11-6-4-10(5-7-11)8-12-9(2)13/h3-7H,1,8H2,2H3,(H,12,13). The van der Waals surface area contributed by atoms with E-state index in [0.717, 1.165) is 11.3 Å². The fourth-order valence-electron chi connectivity index (χ4n) is 1.01. The maximum absolute atomic E-state index is 10.6. The number of rotatable bonds is 4. The van der Waals surface area contributed by atoms with Crippen LogP contribution in [0.5, 0.6) is 5.75 Å². The van der Waals surface area contributed by atoms with Crippen LogP contribution in [0.3, 0.4) is 0 Å². The van der Waals surface area contributed by atoms with Crippen LogP contribution in [0, 0.1) is 0 Å². The van der Waals surface area contributed by atoms with Gasteiger partial charge in [0, 0.05) is 13.5 Å². The van der Waals surface area contributed by atoms with E-state index in [4.69, 9.17) is 4.74 Å². The lowest BCUT2D eigenvalue weighted by Gasteiger charge is -2.03. The summed E-state index contributed by atoms with van der Waals surface area (Å²) in [5.41, 5.74) is 1.04. The fraction of sp³-hybridized carbons (Fsp3) is 0.182. The van der Waals surface area contributed by atoms with Crippen LogP contribution in [0.1, 0.15) is 12.5 Å². The number of carbonyl (C=O) groups is 1. The molecule has 3 heteroatoms. The molecule has 1 amide bonds. The van der Waals surface area contributed by atoms with E-state index >= 15 is 0 Å². The SMILES string of the molecule is C=COc1ccc(CNC(C)=O)cc1. The third kappa shape index (κ3) is 3.31. The van der Waals surface area contributed by atoms with Crippen LogP contribution in [0.15, 0.2) is 37.1 Å². The minimum atomic E-state index is -0.0311. The lowest BCUT2D eigenvalue weighted by Crippen LogP contribution is -2.18. The van der Waals surface area contributed by atoms with E-state index < -0.39 is 0 Å². The van der Waals surface area contributed by atoms with E-state index in [-0.39, 0.29) is 5.91 Å². The Kier molecular flexibility index (Phi) is 3.73. The van der Waals surface area contributed by atoms with Crippen molar-refractivity contribution in [2.75, 3.05) is 0 Å². The van der Waals surface area contributed by atoms with Gasteiger partial charge in [0.25, 0.3) is 0 Å². The molecule has 0 unspecified atom stereocenters. The van der Waals surface area contributed by atoms with Gasteiger partial charge in [0.2, 0.25) is 5.91 Å². The molecular weight excluding hydrogens is 178 g/mol. The Bertz CT molecular complexity index is 317. The lowest BCUT2D eigenvalue weighted by atomic mass is 10.2. The zero-order valence-corrected chi connectivity index (χ0v) is 8.12. The molecule has 0 radical (unpaired) electrons. The molecule has 1 aromatic carbocycles. The second-order valence-corrected chi connectivity index (χ2v) is 2.84. The van der Waals surface area contributed by atoms with Gasteiger partial charge in [-0.25, -0.2) is 0 Å². The van der Waals surface area contributed by atoms with Crippen LogP contribution in [0.4, 0.5) is 0 Å². The summed E-state index contributed by atoms with van der Waals surface area (Å²) < 4.78 is 5.06. The van der Waals surface area contributed by atoms with E-state index in [9.17, 15) is 4.79 Å². The Balaban J connectivity index is 2.54. The Morgan fingerprint density at radius 3 is 2.64 bits per heavy atom. The molecule has 0 saturated carbocycles. The molecule has 0 saturated heterocycles. The molecule has 14 heavy (non-hydrogen) atoms. The molecule has 0 bridgehead atoms. The smallest absolute Gasteiger partial charge is 0.217 e. The molecule has 0 aromatic heterocycles. The summed E-state index contributed by atoms with van der Waals surface area (Å²) in [6.07, 6.45) is 1.38. The Labute approximate surface area is 83.4 Å². The van der Waals surface area contributed by atoms with Gasteiger partial charge in [-0.2, -0.15) is 0 Å². The Morgan fingerprint density at radius 2 is 2.14 bits per heavy atom. The van der Waals surface area contributed by atoms with Gasteiger partial charge >= 0.3 is 0 Å². The van der Waals surface area contributed by atoms with E-state index in [1.54, 1.807) is 0 Å². The summed E-state index contributed by atoms with van der Waals surface area (Å²) in [5, 5.41) is 2.71. The summed E-state index contributed by atoms with van der Waals surface area (Å²) in [6, 6.07) is 7.46. The largest absolute Gasteiger partial charge is 0.466 e. The van der Waals surface area contributed by atoms with Gasteiger partial charge in [0.1, 0.15) is 5.75 Å². The first kappa shape index (κ1) is 10.3. The first-order chi connectivity index (χ1) is 6.72. The van der Waals surface area contributed by atoms with Crippen LogP contribution in [-0.2, 0) is 11.3 Å². The van der Waals surface area contributed by atoms with Crippen molar-refractivity contribution in [2.45, 2.75) is 13.5 Å². The third-order valence-corrected chi connectivity index (χ3v) is 1.68. The van der Waals surface area contributed by atoms with Crippen molar-refractivity contribution in [3.05, 3.63) is 42.7 Å². The minimum absolute atomic E-state index is 0.0311. The summed E-state index contributed by atoms with van der Waals surface area (Å²) >= 11 is 0. The number of ether oxygens (including phenoxy) is 1. The molecule has 0 aliphatic carbocycles. The first-order valence-electron chi connectivity index (χ1n) is 4.33. The lowest BCUT2D eigenvalue weighted by molar-refractivity contribution is -0.119. The quantitative estimate of drug-likeness (QED) is 0.737. The predicted molar refractivity (Wildman–Crippen MR) is 54.8 cm³/mol. The Morgan fingerprint density at radius 1 is 1.50 bits per heavy atom. The summed E-state index contributed by atoms with van der Waals surface area (Å²) in [7, 11) is 0. The van der Waals surface area contributed by atoms with E-state index in [0.29, 0.717) is 6.54 Å². The van der Waals surface area contributed by atoms with Gasteiger partial charge in [0.15, 0.2) is 0 Å². The molecule has 1 aromatic rings. The van der Waals surface area contributed by atoms with Gasteiger partial charge in [0.05, 0.1) is 6.26 Å². The highest BCUT2D eigenvalue weighted by atomic mass is 16.5. The Hall–Kier alpha value is -1.77. The topological polar surface area (TPSA) is 38.3 Å². The molecule has 1 rings (SSSR count). The normalized spacial score (nSPS) is 9.21. The molecule has 0 aliphatic rings. The van der Waals surface area contributed by atoms with E-state index in [2.05, 4.69) is 11.9 Å². The molecule has 3 nitrogen and oxygen atoms in total. The van der Waals surface area contributed by atoms with Crippen molar-refractivity contribution in [2.24, 2.45) is 0 Å². The second-order valence-electron chi connectivity index (χ2n) is 2.84. The summed E-state index contributed by atoms with van der Waals surface area (Å²) in [5.74, 6) is 0.711. The van der Waals surface area contributed by atoms with Gasteiger partial charge < -0.3 is 10.1 Å². The van der Waals surface area contributed by atoms with Gasteiger partial charge in [-0.05, 0) is 17.7 Å². The number of hydrogen-bond donors (Lipinski definition) is 1.